The van der Waals surface area contributed by atoms with E-state index in [-0.39, 0.29) is 5.92 Å². The summed E-state index contributed by atoms with van der Waals surface area (Å²) in [6.45, 7) is 0. The first-order chi connectivity index (χ1) is 7.62. The van der Waals surface area contributed by atoms with E-state index in [2.05, 4.69) is 15.2 Å². The van der Waals surface area contributed by atoms with Crippen LogP contribution in [0, 0.1) is 5.92 Å². The summed E-state index contributed by atoms with van der Waals surface area (Å²) in [5.41, 5.74) is 0. The molecular weight excluding hydrogens is 226 g/mol. The van der Waals surface area contributed by atoms with E-state index in [1.165, 1.54) is 12.8 Å². The Hall–Kier alpha value is -0.910. The summed E-state index contributed by atoms with van der Waals surface area (Å²) in [6.07, 6.45) is 3.87. The maximum atomic E-state index is 11.3. The number of H-pyrrole nitrogens is 1. The molecule has 1 aliphatic heterocycles. The second kappa shape index (κ2) is 3.55. The zero-order valence-electron chi connectivity index (χ0n) is 9.02. The molecule has 88 valence electrons. The Morgan fingerprint density at radius 1 is 1.31 bits per heavy atom. The lowest BCUT2D eigenvalue weighted by Crippen LogP contribution is -2.08. The van der Waals surface area contributed by atoms with Crippen molar-refractivity contribution >= 4 is 9.84 Å². The molecule has 5 nitrogen and oxygen atoms in total. The van der Waals surface area contributed by atoms with Crippen LogP contribution in [0.15, 0.2) is 0 Å². The van der Waals surface area contributed by atoms with Gasteiger partial charge in [0.2, 0.25) is 0 Å². The fourth-order valence-electron chi connectivity index (χ4n) is 2.23. The van der Waals surface area contributed by atoms with Crippen molar-refractivity contribution in [2.75, 3.05) is 11.5 Å². The maximum absolute atomic E-state index is 11.3. The third-order valence-corrected chi connectivity index (χ3v) is 5.14. The van der Waals surface area contributed by atoms with Gasteiger partial charge >= 0.3 is 0 Å². The highest BCUT2D eigenvalue weighted by molar-refractivity contribution is 7.91. The summed E-state index contributed by atoms with van der Waals surface area (Å²) < 4.78 is 22.6. The van der Waals surface area contributed by atoms with E-state index in [0.717, 1.165) is 24.5 Å². The Balaban J connectivity index is 1.65. The second-order valence-corrected chi connectivity index (χ2v) is 7.12. The summed E-state index contributed by atoms with van der Waals surface area (Å²) in [6, 6.07) is 0. The van der Waals surface area contributed by atoms with Gasteiger partial charge in [-0.15, -0.1) is 0 Å². The van der Waals surface area contributed by atoms with Crippen molar-refractivity contribution in [3.8, 4) is 0 Å². The SMILES string of the molecule is O=S1(=O)CC[C@@H](Cc2nc(C3CC3)n[nH]2)C1. The predicted molar refractivity (Wildman–Crippen MR) is 58.8 cm³/mol. The number of rotatable bonds is 3. The molecule has 2 heterocycles. The van der Waals surface area contributed by atoms with E-state index in [1.807, 2.05) is 0 Å². The summed E-state index contributed by atoms with van der Waals surface area (Å²) in [7, 11) is -2.77. The van der Waals surface area contributed by atoms with E-state index in [9.17, 15) is 8.42 Å². The zero-order valence-corrected chi connectivity index (χ0v) is 9.83. The van der Waals surface area contributed by atoms with Crippen molar-refractivity contribution in [3.05, 3.63) is 11.6 Å². The molecule has 2 fully saturated rings. The minimum absolute atomic E-state index is 0.227. The average Bonchev–Trinajstić information content (AvgIpc) is 2.88. The number of hydrogen-bond acceptors (Lipinski definition) is 4. The van der Waals surface area contributed by atoms with Crippen molar-refractivity contribution < 1.29 is 8.42 Å². The second-order valence-electron chi connectivity index (χ2n) is 4.89. The molecular formula is C10H15N3O2S. The number of nitrogens with one attached hydrogen (secondary N) is 1. The van der Waals surface area contributed by atoms with Gasteiger partial charge in [0.25, 0.3) is 0 Å². The molecule has 1 aromatic rings. The molecule has 0 radical (unpaired) electrons. The van der Waals surface area contributed by atoms with Gasteiger partial charge in [0, 0.05) is 12.3 Å². The standard InChI is InChI=1S/C10H15N3O2S/c14-16(15)4-3-7(6-16)5-9-11-10(13-12-9)8-1-2-8/h7-8H,1-6H2,(H,11,12,13)/t7-/m0/s1. The van der Waals surface area contributed by atoms with Crippen molar-refractivity contribution in [2.24, 2.45) is 5.92 Å². The molecule has 1 aromatic heterocycles. The number of aromatic nitrogens is 3. The van der Waals surface area contributed by atoms with Gasteiger partial charge in [0.15, 0.2) is 15.7 Å². The highest BCUT2D eigenvalue weighted by Crippen LogP contribution is 2.37. The molecule has 1 aliphatic carbocycles. The van der Waals surface area contributed by atoms with Gasteiger partial charge in [-0.1, -0.05) is 0 Å². The van der Waals surface area contributed by atoms with Gasteiger partial charge in [-0.2, -0.15) is 5.10 Å². The van der Waals surface area contributed by atoms with Gasteiger partial charge in [-0.25, -0.2) is 13.4 Å². The highest BCUT2D eigenvalue weighted by atomic mass is 32.2. The Morgan fingerprint density at radius 2 is 2.12 bits per heavy atom. The maximum Gasteiger partial charge on any atom is 0.153 e. The number of aromatic amines is 1. The van der Waals surface area contributed by atoms with E-state index < -0.39 is 9.84 Å². The molecule has 1 saturated carbocycles. The number of sulfone groups is 1. The monoisotopic (exact) mass is 241 g/mol. The fraction of sp³-hybridized carbons (Fsp3) is 0.800. The third-order valence-electron chi connectivity index (χ3n) is 3.30. The molecule has 2 aliphatic rings. The van der Waals surface area contributed by atoms with Crippen LogP contribution in [0.3, 0.4) is 0 Å². The van der Waals surface area contributed by atoms with Crippen LogP contribution < -0.4 is 0 Å². The molecule has 1 atom stereocenters. The van der Waals surface area contributed by atoms with Crippen LogP contribution >= 0.6 is 0 Å². The van der Waals surface area contributed by atoms with Crippen molar-refractivity contribution in [1.29, 1.82) is 0 Å². The normalized spacial score (nSPS) is 28.4. The topological polar surface area (TPSA) is 75.7 Å². The first kappa shape index (κ1) is 10.3. The molecule has 1 saturated heterocycles. The minimum Gasteiger partial charge on any atom is -0.263 e. The van der Waals surface area contributed by atoms with Crippen molar-refractivity contribution in [3.63, 3.8) is 0 Å². The van der Waals surface area contributed by atoms with E-state index in [0.29, 0.717) is 17.4 Å². The quantitative estimate of drug-likeness (QED) is 0.843. The highest BCUT2D eigenvalue weighted by Gasteiger charge is 2.30. The first-order valence-corrected chi connectivity index (χ1v) is 7.56. The summed E-state index contributed by atoms with van der Waals surface area (Å²) in [4.78, 5) is 4.42. The lowest BCUT2D eigenvalue weighted by molar-refractivity contribution is 0.570. The third kappa shape index (κ3) is 2.11. The fourth-order valence-corrected chi connectivity index (χ4v) is 4.09. The molecule has 16 heavy (non-hydrogen) atoms. The largest absolute Gasteiger partial charge is 0.263 e. The summed E-state index contributed by atoms with van der Waals surface area (Å²) in [5.74, 6) is 3.19. The van der Waals surface area contributed by atoms with Crippen LogP contribution in [-0.4, -0.2) is 35.1 Å². The van der Waals surface area contributed by atoms with Gasteiger partial charge in [0.1, 0.15) is 5.82 Å². The Labute approximate surface area is 94.6 Å². The van der Waals surface area contributed by atoms with Crippen LogP contribution in [-0.2, 0) is 16.3 Å². The molecule has 6 heteroatoms. The summed E-state index contributed by atoms with van der Waals surface area (Å²) in [5, 5.41) is 7.10. The van der Waals surface area contributed by atoms with Crippen molar-refractivity contribution in [1.82, 2.24) is 15.2 Å². The Kier molecular flexibility index (Phi) is 2.27. The van der Waals surface area contributed by atoms with Crippen LogP contribution in [0.4, 0.5) is 0 Å². The minimum atomic E-state index is -2.77. The molecule has 0 spiro atoms. The van der Waals surface area contributed by atoms with Gasteiger partial charge in [0.05, 0.1) is 11.5 Å². The van der Waals surface area contributed by atoms with E-state index in [1.54, 1.807) is 0 Å². The van der Waals surface area contributed by atoms with E-state index in [4.69, 9.17) is 0 Å². The van der Waals surface area contributed by atoms with Gasteiger partial charge in [-0.3, -0.25) is 5.10 Å². The predicted octanol–water partition coefficient (Wildman–Crippen LogP) is 0.659. The van der Waals surface area contributed by atoms with Crippen LogP contribution in [0.25, 0.3) is 0 Å². The molecule has 3 rings (SSSR count). The molecule has 0 bridgehead atoms. The number of nitrogens with zero attached hydrogens (tertiary/aromatic N) is 2. The number of hydrogen-bond donors (Lipinski definition) is 1. The van der Waals surface area contributed by atoms with Crippen LogP contribution in [0.1, 0.15) is 36.8 Å². The zero-order chi connectivity index (χ0) is 11.2. The van der Waals surface area contributed by atoms with Crippen LogP contribution in [0.2, 0.25) is 0 Å². The molecule has 0 aromatic carbocycles. The Bertz CT molecular complexity index is 490. The first-order valence-electron chi connectivity index (χ1n) is 5.74. The lowest BCUT2D eigenvalue weighted by atomic mass is 10.1. The van der Waals surface area contributed by atoms with E-state index >= 15 is 0 Å². The molecule has 0 unspecified atom stereocenters. The smallest absolute Gasteiger partial charge is 0.153 e. The molecule has 1 N–H and O–H groups in total. The summed E-state index contributed by atoms with van der Waals surface area (Å²) >= 11 is 0. The van der Waals surface area contributed by atoms with Crippen molar-refractivity contribution in [2.45, 2.75) is 31.6 Å². The lowest BCUT2D eigenvalue weighted by Gasteiger charge is -2.02. The van der Waals surface area contributed by atoms with Gasteiger partial charge < -0.3 is 0 Å². The average molecular weight is 241 g/mol. The Morgan fingerprint density at radius 3 is 2.75 bits per heavy atom. The molecule has 0 amide bonds. The van der Waals surface area contributed by atoms with Crippen LogP contribution in [0.5, 0.6) is 0 Å². The van der Waals surface area contributed by atoms with Gasteiger partial charge in [-0.05, 0) is 25.2 Å².